The molecule has 0 spiro atoms. The Morgan fingerprint density at radius 2 is 1.61 bits per heavy atom. The van der Waals surface area contributed by atoms with Crippen LogP contribution in [0.15, 0.2) is 42.5 Å². The molecule has 3 N–H and O–H groups in total. The molecule has 2 aliphatic rings. The van der Waals surface area contributed by atoms with Crippen molar-refractivity contribution < 1.29 is 40.3 Å². The smallest absolute Gasteiger partial charge is 0.373 e. The molecule has 2 fully saturated rings. The van der Waals surface area contributed by atoms with Crippen LogP contribution in [0.5, 0.6) is 0 Å². The molecular formula is C25H25F7N2O2. The number of alkyl halides is 6. The van der Waals surface area contributed by atoms with Crippen LogP contribution in [0.1, 0.15) is 54.4 Å². The van der Waals surface area contributed by atoms with Crippen LogP contribution in [0.2, 0.25) is 0 Å². The summed E-state index contributed by atoms with van der Waals surface area (Å²) < 4.78 is 99.1. The number of carbonyl (C=O) groups is 1. The molecule has 1 unspecified atom stereocenters. The molecule has 5 atom stereocenters. The Morgan fingerprint density at radius 3 is 2.11 bits per heavy atom. The van der Waals surface area contributed by atoms with Gasteiger partial charge in [-0.1, -0.05) is 19.1 Å². The van der Waals surface area contributed by atoms with Crippen LogP contribution in [0, 0.1) is 11.2 Å². The number of nitrogens with two attached hydrogens (primary N) is 1. The molecule has 0 radical (unpaired) electrons. The van der Waals surface area contributed by atoms with Crippen molar-refractivity contribution in [2.24, 2.45) is 11.1 Å². The molecule has 0 bridgehead atoms. The van der Waals surface area contributed by atoms with Crippen LogP contribution in [-0.4, -0.2) is 24.1 Å². The minimum atomic E-state index is -4.96. The summed E-state index contributed by atoms with van der Waals surface area (Å²) in [6, 6.07) is 6.04. The highest BCUT2D eigenvalue weighted by atomic mass is 19.4. The van der Waals surface area contributed by atoms with Gasteiger partial charge in [-0.25, -0.2) is 4.39 Å². The fraction of sp³-hybridized carbons (Fsp3) is 0.480. The van der Waals surface area contributed by atoms with Gasteiger partial charge < -0.3 is 15.8 Å². The molecule has 1 heterocycles. The molecule has 0 aromatic heterocycles. The van der Waals surface area contributed by atoms with E-state index in [0.29, 0.717) is 37.0 Å². The van der Waals surface area contributed by atoms with E-state index in [9.17, 15) is 35.5 Å². The van der Waals surface area contributed by atoms with E-state index in [0.717, 1.165) is 0 Å². The number of ether oxygens (including phenoxy) is 1. The molecule has 1 aliphatic carbocycles. The summed E-state index contributed by atoms with van der Waals surface area (Å²) in [6.45, 7) is 1.45. The monoisotopic (exact) mass is 518 g/mol. The van der Waals surface area contributed by atoms with Crippen molar-refractivity contribution in [3.8, 4) is 0 Å². The minimum Gasteiger partial charge on any atom is -0.373 e. The number of amides is 1. The number of hydrogen-bond acceptors (Lipinski definition) is 3. The second-order valence-corrected chi connectivity index (χ2v) is 9.74. The fourth-order valence-corrected chi connectivity index (χ4v) is 5.47. The van der Waals surface area contributed by atoms with Gasteiger partial charge in [0.25, 0.3) is 0 Å². The van der Waals surface area contributed by atoms with E-state index in [2.05, 4.69) is 5.32 Å². The molecule has 2 aromatic rings. The number of rotatable bonds is 5. The number of carbonyl (C=O) groups excluding carboxylic acids is 1. The van der Waals surface area contributed by atoms with Gasteiger partial charge in [-0.2, -0.15) is 26.3 Å². The first-order valence-corrected chi connectivity index (χ1v) is 11.4. The second-order valence-electron chi connectivity index (χ2n) is 9.74. The lowest BCUT2D eigenvalue weighted by atomic mass is 9.69. The van der Waals surface area contributed by atoms with Crippen molar-refractivity contribution in [1.29, 1.82) is 0 Å². The Kier molecular flexibility index (Phi) is 6.85. The van der Waals surface area contributed by atoms with Gasteiger partial charge in [0.1, 0.15) is 5.82 Å². The molecular weight excluding hydrogens is 493 g/mol. The molecule has 36 heavy (non-hydrogen) atoms. The van der Waals surface area contributed by atoms with E-state index in [-0.39, 0.29) is 23.6 Å². The Balaban J connectivity index is 1.64. The van der Waals surface area contributed by atoms with Gasteiger partial charge in [0.15, 0.2) is 0 Å². The molecule has 1 saturated carbocycles. The lowest BCUT2D eigenvalue weighted by molar-refractivity contribution is -0.143. The van der Waals surface area contributed by atoms with Crippen molar-refractivity contribution >= 4 is 5.91 Å². The Morgan fingerprint density at radius 1 is 1.03 bits per heavy atom. The number of benzene rings is 2. The molecule has 1 saturated heterocycles. The van der Waals surface area contributed by atoms with Crippen molar-refractivity contribution in [2.75, 3.05) is 0 Å². The average molecular weight is 518 g/mol. The van der Waals surface area contributed by atoms with E-state index < -0.39 is 59.4 Å². The van der Waals surface area contributed by atoms with Crippen molar-refractivity contribution in [3.63, 3.8) is 0 Å². The lowest BCUT2D eigenvalue weighted by Gasteiger charge is -2.39. The van der Waals surface area contributed by atoms with Crippen LogP contribution in [0.25, 0.3) is 0 Å². The average Bonchev–Trinajstić information content (AvgIpc) is 3.31. The molecule has 1 aliphatic heterocycles. The largest absolute Gasteiger partial charge is 0.416 e. The van der Waals surface area contributed by atoms with E-state index in [1.54, 1.807) is 12.1 Å². The molecule has 4 nitrogen and oxygen atoms in total. The van der Waals surface area contributed by atoms with E-state index >= 15 is 0 Å². The predicted octanol–water partition coefficient (Wildman–Crippen LogP) is 5.55. The summed E-state index contributed by atoms with van der Waals surface area (Å²) in [5, 5.41) is 2.90. The summed E-state index contributed by atoms with van der Waals surface area (Å²) in [5.41, 5.74) is 2.91. The van der Waals surface area contributed by atoms with Gasteiger partial charge in [0.2, 0.25) is 5.91 Å². The highest BCUT2D eigenvalue weighted by molar-refractivity contribution is 5.84. The number of hydrogen-bond donors (Lipinski definition) is 2. The van der Waals surface area contributed by atoms with Crippen molar-refractivity contribution in [3.05, 3.63) is 70.5 Å². The van der Waals surface area contributed by atoms with Crippen molar-refractivity contribution in [1.82, 2.24) is 5.32 Å². The van der Waals surface area contributed by atoms with Crippen molar-refractivity contribution in [2.45, 2.75) is 69.3 Å². The predicted molar refractivity (Wildman–Crippen MR) is 116 cm³/mol. The highest BCUT2D eigenvalue weighted by Gasteiger charge is 2.53. The van der Waals surface area contributed by atoms with Crippen LogP contribution < -0.4 is 11.1 Å². The number of nitrogens with one attached hydrogen (secondary N) is 1. The summed E-state index contributed by atoms with van der Waals surface area (Å²) in [6.07, 6.45) is -9.17. The Labute approximate surface area is 203 Å². The maximum Gasteiger partial charge on any atom is 0.416 e. The second kappa shape index (κ2) is 9.33. The van der Waals surface area contributed by atoms with Gasteiger partial charge in [-0.3, -0.25) is 4.79 Å². The first kappa shape index (κ1) is 26.4. The maximum absolute atomic E-state index is 13.6. The Bertz CT molecular complexity index is 1080. The SMILES string of the molecule is C[C@@]1(C2C[C@@H](N)C(=O)N2)CC[C@H](OCc2cc(C(F)(F)F)cc(C(F)(F)F)c2)[C@H]1c1ccc(F)cc1. The molecule has 4 rings (SSSR count). The number of halogens is 7. The van der Waals surface area contributed by atoms with Crippen LogP contribution in [0.4, 0.5) is 30.7 Å². The van der Waals surface area contributed by atoms with Gasteiger partial charge >= 0.3 is 12.4 Å². The van der Waals surface area contributed by atoms with Gasteiger partial charge in [0, 0.05) is 12.0 Å². The molecule has 2 aromatic carbocycles. The highest BCUT2D eigenvalue weighted by Crippen LogP contribution is 2.54. The fourth-order valence-electron chi connectivity index (χ4n) is 5.47. The summed E-state index contributed by atoms with van der Waals surface area (Å²) in [4.78, 5) is 12.1. The zero-order valence-corrected chi connectivity index (χ0v) is 19.2. The van der Waals surface area contributed by atoms with Crippen LogP contribution >= 0.6 is 0 Å². The third-order valence-corrected chi connectivity index (χ3v) is 7.33. The topological polar surface area (TPSA) is 64.4 Å². The standard InChI is InChI=1S/C25H25F7N2O2/c1-23(20-11-18(33)22(35)34-20)7-6-19(21(23)14-2-4-17(26)5-3-14)36-12-13-8-15(24(27,28)29)10-16(9-13)25(30,31)32/h2-5,8-10,18-21H,6-7,11-12,33H2,1H3,(H,34,35)/t18-,19+,20?,21-,23+/m1/s1. The summed E-state index contributed by atoms with van der Waals surface area (Å²) in [5.74, 6) is -1.18. The summed E-state index contributed by atoms with van der Waals surface area (Å²) in [7, 11) is 0. The third kappa shape index (κ3) is 5.22. The Hall–Kier alpha value is -2.66. The van der Waals surface area contributed by atoms with E-state index in [4.69, 9.17) is 10.5 Å². The van der Waals surface area contributed by atoms with Gasteiger partial charge in [-0.15, -0.1) is 0 Å². The quantitative estimate of drug-likeness (QED) is 0.511. The molecule has 11 heteroatoms. The normalized spacial score (nSPS) is 29.0. The minimum absolute atomic E-state index is 0.0729. The zero-order valence-electron chi connectivity index (χ0n) is 19.2. The van der Waals surface area contributed by atoms with E-state index in [1.165, 1.54) is 12.1 Å². The molecule has 196 valence electrons. The van der Waals surface area contributed by atoms with Gasteiger partial charge in [0.05, 0.1) is 29.9 Å². The maximum atomic E-state index is 13.6. The lowest BCUT2D eigenvalue weighted by Crippen LogP contribution is -2.44. The van der Waals surface area contributed by atoms with Crippen LogP contribution in [0.3, 0.4) is 0 Å². The first-order valence-electron chi connectivity index (χ1n) is 11.4. The van der Waals surface area contributed by atoms with Gasteiger partial charge in [-0.05, 0) is 66.1 Å². The summed E-state index contributed by atoms with van der Waals surface area (Å²) >= 11 is 0. The van der Waals surface area contributed by atoms with Crippen LogP contribution in [-0.2, 0) is 28.5 Å². The van der Waals surface area contributed by atoms with E-state index in [1.807, 2.05) is 6.92 Å². The first-order chi connectivity index (χ1) is 16.7. The third-order valence-electron chi connectivity index (χ3n) is 7.33. The molecule has 1 amide bonds. The zero-order chi connectivity index (χ0) is 26.5.